The van der Waals surface area contributed by atoms with E-state index in [2.05, 4.69) is 5.32 Å². The lowest BCUT2D eigenvalue weighted by Gasteiger charge is -2.44. The lowest BCUT2D eigenvalue weighted by atomic mass is 9.92. The fourth-order valence-electron chi connectivity index (χ4n) is 6.42. The van der Waals surface area contributed by atoms with E-state index in [1.54, 1.807) is 24.3 Å². The third-order valence-corrected chi connectivity index (χ3v) is 9.16. The van der Waals surface area contributed by atoms with Crippen molar-refractivity contribution >= 4 is 23.7 Å². The molecule has 1 saturated heterocycles. The Bertz CT molecular complexity index is 1800. The Morgan fingerprint density at radius 3 is 1.75 bits per heavy atom. The van der Waals surface area contributed by atoms with Crippen LogP contribution in [0.15, 0.2) is 127 Å². The number of rotatable bonds is 10. The van der Waals surface area contributed by atoms with Crippen molar-refractivity contribution in [2.75, 3.05) is 19.0 Å². The highest BCUT2D eigenvalue weighted by Gasteiger charge is 2.53. The van der Waals surface area contributed by atoms with E-state index in [9.17, 15) is 19.5 Å². The van der Waals surface area contributed by atoms with Crippen molar-refractivity contribution in [3.63, 3.8) is 0 Å². The number of hydrogen-bond donors (Lipinski definition) is 2. The van der Waals surface area contributed by atoms with Crippen molar-refractivity contribution in [2.45, 2.75) is 56.4 Å². The molecule has 2 aliphatic heterocycles. The highest BCUT2D eigenvalue weighted by molar-refractivity contribution is 5.85. The molecule has 6 rings (SSSR count). The van der Waals surface area contributed by atoms with Gasteiger partial charge in [-0.3, -0.25) is 14.9 Å². The smallest absolute Gasteiger partial charge is 0.412 e. The average Bonchev–Trinajstić information content (AvgIpc) is 3.18. The number of benzene rings is 4. The molecule has 1 amide bonds. The van der Waals surface area contributed by atoms with E-state index in [0.717, 1.165) is 11.1 Å². The van der Waals surface area contributed by atoms with Crippen LogP contribution in [0.25, 0.3) is 0 Å². The monoisotopic (exact) mass is 721 g/mol. The number of fused-ring (bicyclic) bond motifs is 1. The van der Waals surface area contributed by atoms with Gasteiger partial charge in [0.25, 0.3) is 0 Å². The molecule has 0 bridgehead atoms. The minimum absolute atomic E-state index is 0.335. The number of hydrogen-bond acceptors (Lipinski definition) is 10. The molecule has 7 atom stereocenters. The lowest BCUT2D eigenvalue weighted by Crippen LogP contribution is -2.63. The number of para-hydroxylation sites is 1. The normalized spacial score (nSPS) is 25.3. The first-order chi connectivity index (χ1) is 25.9. The van der Waals surface area contributed by atoms with Crippen LogP contribution in [0.1, 0.15) is 24.0 Å². The molecule has 0 aliphatic carbocycles. The summed E-state index contributed by atoms with van der Waals surface area (Å²) in [4.78, 5) is 41.4. The SMILES string of the molecule is CO[C@H]1O[C@H](CO)[C@@H](OC(=O)Nc2ccc(Oc3ccccc3)cc2)[C@@H]2OC(=O)[C@H](Cc3ccccc3)C/C=C/C[C@@H](Cc3ccccc3)C(=O)O[C@@H]12. The maximum atomic E-state index is 14.0. The highest BCUT2D eigenvalue weighted by Crippen LogP contribution is 2.32. The number of carbonyl (C=O) groups is 3. The van der Waals surface area contributed by atoms with Crippen LogP contribution in [0.4, 0.5) is 10.5 Å². The van der Waals surface area contributed by atoms with Gasteiger partial charge in [-0.25, -0.2) is 4.79 Å². The number of ether oxygens (including phenoxy) is 6. The molecule has 2 N–H and O–H groups in total. The summed E-state index contributed by atoms with van der Waals surface area (Å²) in [7, 11) is 1.35. The van der Waals surface area contributed by atoms with Gasteiger partial charge in [0.15, 0.2) is 24.6 Å². The summed E-state index contributed by atoms with van der Waals surface area (Å²) in [6.07, 6.45) is -2.26. The first-order valence-corrected chi connectivity index (χ1v) is 17.6. The van der Waals surface area contributed by atoms with E-state index >= 15 is 0 Å². The molecule has 4 aromatic carbocycles. The third kappa shape index (κ3) is 10.1. The standard InChI is InChI=1S/C42H43NO10/c1-48-41-38-37(36(35(27-44)50-41)53-42(47)43-32-21-23-34(24-22-32)49-33-19-9-4-10-20-33)51-39(45)30(25-28-13-5-2-6-14-28)17-11-12-18-31(40(46)52-38)26-29-15-7-3-8-16-29/h2-16,19-24,30-31,35-38,41,44H,17-18,25-27H2,1H3,(H,43,47)/b12-11+/t30-,31-,35+,36+,37-,38+,41-/m0/s1. The van der Waals surface area contributed by atoms with E-state index in [4.69, 9.17) is 28.4 Å². The Kier molecular flexibility index (Phi) is 12.9. The van der Waals surface area contributed by atoms with Gasteiger partial charge in [0, 0.05) is 12.8 Å². The molecule has 53 heavy (non-hydrogen) atoms. The van der Waals surface area contributed by atoms with Gasteiger partial charge in [-0.15, -0.1) is 0 Å². The number of allylic oxidation sites excluding steroid dienone is 2. The lowest BCUT2D eigenvalue weighted by molar-refractivity contribution is -0.300. The van der Waals surface area contributed by atoms with Crippen LogP contribution in [-0.2, 0) is 46.1 Å². The van der Waals surface area contributed by atoms with E-state index in [-0.39, 0.29) is 0 Å². The number of carbonyl (C=O) groups excluding carboxylic acids is 3. The van der Waals surface area contributed by atoms with Crippen LogP contribution in [0.2, 0.25) is 0 Å². The average molecular weight is 722 g/mol. The maximum absolute atomic E-state index is 14.0. The Morgan fingerprint density at radius 2 is 1.23 bits per heavy atom. The Hall–Kier alpha value is -5.49. The molecule has 0 spiro atoms. The maximum Gasteiger partial charge on any atom is 0.412 e. The molecular weight excluding hydrogens is 678 g/mol. The molecule has 1 fully saturated rings. The molecule has 0 radical (unpaired) electrons. The van der Waals surface area contributed by atoms with Crippen molar-refractivity contribution in [1.29, 1.82) is 0 Å². The van der Waals surface area contributed by atoms with Gasteiger partial charge in [-0.2, -0.15) is 0 Å². The summed E-state index contributed by atoms with van der Waals surface area (Å²) < 4.78 is 35.6. The Morgan fingerprint density at radius 1 is 0.717 bits per heavy atom. The van der Waals surface area contributed by atoms with E-state index in [0.29, 0.717) is 42.9 Å². The zero-order valence-electron chi connectivity index (χ0n) is 29.3. The van der Waals surface area contributed by atoms with Gasteiger partial charge in [0.2, 0.25) is 0 Å². The predicted octanol–water partition coefficient (Wildman–Crippen LogP) is 6.65. The zero-order valence-corrected chi connectivity index (χ0v) is 29.3. The molecule has 2 heterocycles. The predicted molar refractivity (Wildman–Crippen MR) is 195 cm³/mol. The topological polar surface area (TPSA) is 139 Å². The quantitative estimate of drug-likeness (QED) is 0.104. The molecule has 2 aliphatic rings. The van der Waals surface area contributed by atoms with Gasteiger partial charge in [-0.05, 0) is 73.2 Å². The largest absolute Gasteiger partial charge is 0.457 e. The summed E-state index contributed by atoms with van der Waals surface area (Å²) in [6.45, 7) is -0.620. The summed E-state index contributed by atoms with van der Waals surface area (Å²) >= 11 is 0. The number of methoxy groups -OCH3 is 1. The van der Waals surface area contributed by atoms with Crippen LogP contribution < -0.4 is 10.1 Å². The molecule has 4 aromatic rings. The second kappa shape index (κ2) is 18.3. The molecular formula is C42H43NO10. The molecule has 276 valence electrons. The number of anilines is 1. The number of aliphatic hydroxyl groups is 1. The third-order valence-electron chi connectivity index (χ3n) is 9.16. The van der Waals surface area contributed by atoms with Crippen LogP contribution in [0.3, 0.4) is 0 Å². The second-order valence-corrected chi connectivity index (χ2v) is 12.9. The first-order valence-electron chi connectivity index (χ1n) is 17.6. The van der Waals surface area contributed by atoms with Crippen molar-refractivity contribution < 1.29 is 47.9 Å². The summed E-state index contributed by atoms with van der Waals surface area (Å²) in [5.74, 6) is -1.18. The molecule has 11 nitrogen and oxygen atoms in total. The zero-order chi connectivity index (χ0) is 37.0. The molecule has 0 aromatic heterocycles. The van der Waals surface area contributed by atoms with E-state index in [1.165, 1.54) is 7.11 Å². The summed E-state index contributed by atoms with van der Waals surface area (Å²) in [6, 6.07) is 35.0. The van der Waals surface area contributed by atoms with E-state index in [1.807, 2.05) is 103 Å². The van der Waals surface area contributed by atoms with Crippen LogP contribution in [0, 0.1) is 11.8 Å². The van der Waals surface area contributed by atoms with Crippen LogP contribution >= 0.6 is 0 Å². The Balaban J connectivity index is 1.27. The van der Waals surface area contributed by atoms with Gasteiger partial charge in [0.1, 0.15) is 17.6 Å². The highest BCUT2D eigenvalue weighted by atomic mass is 16.7. The summed E-state index contributed by atoms with van der Waals surface area (Å²) in [5, 5.41) is 13.1. The molecule has 0 unspecified atom stereocenters. The number of nitrogens with one attached hydrogen (secondary N) is 1. The fraction of sp³-hybridized carbons (Fsp3) is 0.310. The Labute approximate surface area is 308 Å². The van der Waals surface area contributed by atoms with Crippen molar-refractivity contribution in [3.05, 3.63) is 139 Å². The van der Waals surface area contributed by atoms with Crippen molar-refractivity contribution in [1.82, 2.24) is 0 Å². The van der Waals surface area contributed by atoms with Crippen molar-refractivity contribution in [3.8, 4) is 11.5 Å². The van der Waals surface area contributed by atoms with Crippen molar-refractivity contribution in [2.24, 2.45) is 11.8 Å². The van der Waals surface area contributed by atoms with Gasteiger partial charge >= 0.3 is 18.0 Å². The first kappa shape index (κ1) is 37.3. The minimum atomic E-state index is -1.39. The number of esters is 2. The van der Waals surface area contributed by atoms with Crippen LogP contribution in [-0.4, -0.2) is 67.6 Å². The molecule has 0 saturated carbocycles. The minimum Gasteiger partial charge on any atom is -0.457 e. The fourth-order valence-corrected chi connectivity index (χ4v) is 6.42. The second-order valence-electron chi connectivity index (χ2n) is 12.9. The number of amides is 1. The van der Waals surface area contributed by atoms with Gasteiger partial charge < -0.3 is 33.5 Å². The van der Waals surface area contributed by atoms with E-state index < -0.39 is 67.2 Å². The van der Waals surface area contributed by atoms with Crippen LogP contribution in [0.5, 0.6) is 11.5 Å². The number of aliphatic hydroxyl groups excluding tert-OH is 1. The summed E-state index contributed by atoms with van der Waals surface area (Å²) in [5.41, 5.74) is 2.27. The van der Waals surface area contributed by atoms with Gasteiger partial charge in [-0.1, -0.05) is 91.0 Å². The molecule has 11 heteroatoms. The van der Waals surface area contributed by atoms with Gasteiger partial charge in [0.05, 0.1) is 18.4 Å².